The SMILES string of the molecule is Cc1ccc2c(c1)c1ccc3ccccc3c1c1nc3cc(-c4cccc5c4c4ccc6ccccc6c4c4nc6ccc(C)cc6n54)ccc3n21. The molecule has 0 spiro atoms. The number of hydrogen-bond acceptors (Lipinski definition) is 2. The van der Waals surface area contributed by atoms with E-state index < -0.39 is 0 Å². The van der Waals surface area contributed by atoms with Gasteiger partial charge in [-0.3, -0.25) is 8.80 Å². The summed E-state index contributed by atoms with van der Waals surface area (Å²) >= 11 is 0. The number of nitrogens with zero attached hydrogens (tertiary/aromatic N) is 4. The molecule has 0 aliphatic heterocycles. The first-order chi connectivity index (χ1) is 25.6. The van der Waals surface area contributed by atoms with Crippen LogP contribution in [0, 0.1) is 13.8 Å². The first-order valence-corrected chi connectivity index (χ1v) is 17.9. The van der Waals surface area contributed by atoms with E-state index in [0.29, 0.717) is 0 Å². The number of benzene rings is 8. The van der Waals surface area contributed by atoms with Crippen LogP contribution < -0.4 is 0 Å². The van der Waals surface area contributed by atoms with E-state index in [1.807, 2.05) is 0 Å². The van der Waals surface area contributed by atoms with Crippen molar-refractivity contribution in [3.8, 4) is 11.1 Å². The van der Waals surface area contributed by atoms with E-state index in [4.69, 9.17) is 9.97 Å². The minimum absolute atomic E-state index is 0.983. The van der Waals surface area contributed by atoms with Gasteiger partial charge in [0.05, 0.1) is 33.1 Å². The first kappa shape index (κ1) is 28.0. The van der Waals surface area contributed by atoms with Crippen molar-refractivity contribution in [3.63, 3.8) is 0 Å². The third kappa shape index (κ3) is 3.60. The quantitative estimate of drug-likeness (QED) is 0.164. The van der Waals surface area contributed by atoms with Gasteiger partial charge in [0.15, 0.2) is 0 Å². The Labute approximate surface area is 297 Å². The summed E-state index contributed by atoms with van der Waals surface area (Å²) in [6.07, 6.45) is 0. The topological polar surface area (TPSA) is 34.6 Å². The number of pyridine rings is 2. The summed E-state index contributed by atoms with van der Waals surface area (Å²) in [7, 11) is 0. The summed E-state index contributed by atoms with van der Waals surface area (Å²) in [4.78, 5) is 10.8. The van der Waals surface area contributed by atoms with Crippen molar-refractivity contribution in [1.82, 2.24) is 18.8 Å². The molecule has 0 radical (unpaired) electrons. The first-order valence-electron chi connectivity index (χ1n) is 17.9. The van der Waals surface area contributed by atoms with Crippen molar-refractivity contribution < 1.29 is 0 Å². The van der Waals surface area contributed by atoms with E-state index in [1.165, 1.54) is 76.1 Å². The summed E-state index contributed by atoms with van der Waals surface area (Å²) in [6.45, 7) is 4.33. The van der Waals surface area contributed by atoms with E-state index in [-0.39, 0.29) is 0 Å². The van der Waals surface area contributed by atoms with Crippen molar-refractivity contribution in [2.45, 2.75) is 13.8 Å². The molecule has 12 rings (SSSR count). The van der Waals surface area contributed by atoms with Gasteiger partial charge in [0, 0.05) is 21.5 Å². The monoisotopic (exact) mass is 662 g/mol. The molecule has 0 atom stereocenters. The van der Waals surface area contributed by atoms with Gasteiger partial charge >= 0.3 is 0 Å². The van der Waals surface area contributed by atoms with Gasteiger partial charge in [-0.2, -0.15) is 0 Å². The molecule has 52 heavy (non-hydrogen) atoms. The third-order valence-electron chi connectivity index (χ3n) is 11.3. The highest BCUT2D eigenvalue weighted by molar-refractivity contribution is 6.26. The molecule has 4 aromatic heterocycles. The van der Waals surface area contributed by atoms with Crippen molar-refractivity contribution in [2.75, 3.05) is 0 Å². The molecule has 242 valence electrons. The van der Waals surface area contributed by atoms with Gasteiger partial charge in [-0.1, -0.05) is 109 Å². The van der Waals surface area contributed by atoms with Crippen LogP contribution in [-0.4, -0.2) is 18.8 Å². The molecule has 0 unspecified atom stereocenters. The van der Waals surface area contributed by atoms with E-state index in [9.17, 15) is 0 Å². The molecular formula is C48H30N4. The van der Waals surface area contributed by atoms with Gasteiger partial charge in [0.25, 0.3) is 0 Å². The second-order valence-electron chi connectivity index (χ2n) is 14.4. The number of fused-ring (bicyclic) bond motifs is 20. The highest BCUT2D eigenvalue weighted by atomic mass is 15.0. The zero-order valence-electron chi connectivity index (χ0n) is 28.6. The number of aromatic nitrogens is 4. The van der Waals surface area contributed by atoms with Gasteiger partial charge in [0.2, 0.25) is 0 Å². The maximum atomic E-state index is 5.48. The zero-order chi connectivity index (χ0) is 34.2. The third-order valence-corrected chi connectivity index (χ3v) is 11.3. The fraction of sp³-hybridized carbons (Fsp3) is 0.0417. The predicted octanol–water partition coefficient (Wildman–Crippen LogP) is 12.5. The van der Waals surface area contributed by atoms with Gasteiger partial charge in [0.1, 0.15) is 11.3 Å². The molecule has 4 heteroatoms. The summed E-state index contributed by atoms with van der Waals surface area (Å²) < 4.78 is 4.75. The van der Waals surface area contributed by atoms with E-state index in [2.05, 4.69) is 168 Å². The Kier molecular flexibility index (Phi) is 5.34. The minimum Gasteiger partial charge on any atom is -0.292 e. The molecule has 8 aromatic carbocycles. The van der Waals surface area contributed by atoms with Crippen LogP contribution in [0.5, 0.6) is 0 Å². The Morgan fingerprint density at radius 1 is 0.385 bits per heavy atom. The lowest BCUT2D eigenvalue weighted by Crippen LogP contribution is -1.95. The summed E-state index contributed by atoms with van der Waals surface area (Å²) in [5.74, 6) is 0. The van der Waals surface area contributed by atoms with Crippen molar-refractivity contribution >= 4 is 98.3 Å². The lowest BCUT2D eigenvalue weighted by molar-refractivity contribution is 1.31. The second kappa shape index (κ2) is 9.93. The zero-order valence-corrected chi connectivity index (χ0v) is 28.6. The van der Waals surface area contributed by atoms with Crippen molar-refractivity contribution in [2.24, 2.45) is 0 Å². The largest absolute Gasteiger partial charge is 0.292 e. The lowest BCUT2D eigenvalue weighted by Gasteiger charge is -2.15. The van der Waals surface area contributed by atoms with Crippen LogP contribution in [0.4, 0.5) is 0 Å². The maximum Gasteiger partial charge on any atom is 0.147 e. The molecule has 4 nitrogen and oxygen atoms in total. The van der Waals surface area contributed by atoms with Gasteiger partial charge < -0.3 is 0 Å². The molecule has 4 heterocycles. The Morgan fingerprint density at radius 2 is 1.04 bits per heavy atom. The Bertz CT molecular complexity index is 3550. The van der Waals surface area contributed by atoms with E-state index >= 15 is 0 Å². The van der Waals surface area contributed by atoms with Gasteiger partial charge in [-0.05, 0) is 105 Å². The summed E-state index contributed by atoms with van der Waals surface area (Å²) in [6, 6.07) is 53.3. The van der Waals surface area contributed by atoms with Crippen molar-refractivity contribution in [1.29, 1.82) is 0 Å². The van der Waals surface area contributed by atoms with Gasteiger partial charge in [-0.15, -0.1) is 0 Å². The lowest BCUT2D eigenvalue weighted by atomic mass is 9.94. The Balaban J connectivity index is 1.23. The van der Waals surface area contributed by atoms with Crippen LogP contribution in [0.2, 0.25) is 0 Å². The minimum atomic E-state index is 0.983. The molecule has 0 N–H and O–H groups in total. The average molecular weight is 663 g/mol. The van der Waals surface area contributed by atoms with Crippen LogP contribution >= 0.6 is 0 Å². The molecular weight excluding hydrogens is 633 g/mol. The molecule has 0 fully saturated rings. The molecule has 0 aliphatic carbocycles. The molecule has 0 aliphatic rings. The fourth-order valence-electron chi connectivity index (χ4n) is 9.02. The van der Waals surface area contributed by atoms with Crippen LogP contribution in [0.15, 0.2) is 146 Å². The van der Waals surface area contributed by atoms with E-state index in [0.717, 1.165) is 44.4 Å². The number of aryl methyl sites for hydroxylation is 2. The molecule has 0 bridgehead atoms. The normalized spacial score (nSPS) is 12.4. The second-order valence-corrected chi connectivity index (χ2v) is 14.4. The van der Waals surface area contributed by atoms with Gasteiger partial charge in [-0.25, -0.2) is 9.97 Å². The molecule has 0 saturated carbocycles. The summed E-state index contributed by atoms with van der Waals surface area (Å²) in [5, 5.41) is 12.2. The van der Waals surface area contributed by atoms with Crippen LogP contribution in [0.25, 0.3) is 109 Å². The van der Waals surface area contributed by atoms with E-state index in [1.54, 1.807) is 0 Å². The molecule has 0 saturated heterocycles. The van der Waals surface area contributed by atoms with Crippen molar-refractivity contribution in [3.05, 3.63) is 157 Å². The average Bonchev–Trinajstić information content (AvgIpc) is 3.76. The number of rotatable bonds is 1. The highest BCUT2D eigenvalue weighted by Gasteiger charge is 2.20. The molecule has 0 amide bonds. The number of imidazole rings is 2. The molecule has 12 aromatic rings. The predicted molar refractivity (Wildman–Crippen MR) is 219 cm³/mol. The number of hydrogen-bond donors (Lipinski definition) is 0. The Hall–Kier alpha value is -6.78. The fourth-order valence-corrected chi connectivity index (χ4v) is 9.02. The van der Waals surface area contributed by atoms with Crippen LogP contribution in [0.1, 0.15) is 11.1 Å². The maximum absolute atomic E-state index is 5.48. The summed E-state index contributed by atoms with van der Waals surface area (Å²) in [5.41, 5.74) is 13.3. The highest BCUT2D eigenvalue weighted by Crippen LogP contribution is 2.42. The standard InChI is InChI=1S/C48H30N4/c1-27-15-22-40-37(24-27)35-19-16-29-8-3-5-10-32(29)45(35)47-50-39-26-31(18-23-41(39)51(40)47)34-12-7-13-42-44(34)36-20-17-30-9-4-6-11-33(30)46(36)48-49-38-21-14-28(2)25-43(38)52(42)48/h3-26H,1-2H3. The smallest absolute Gasteiger partial charge is 0.147 e. The van der Waals surface area contributed by atoms with Crippen LogP contribution in [0.3, 0.4) is 0 Å². The Morgan fingerprint density at radius 3 is 1.85 bits per heavy atom. The van der Waals surface area contributed by atoms with Crippen LogP contribution in [-0.2, 0) is 0 Å².